The van der Waals surface area contributed by atoms with Crippen LogP contribution in [0.5, 0.6) is 11.5 Å². The number of rotatable bonds is 9. The molecule has 4 aromatic carbocycles. The Morgan fingerprint density at radius 3 is 1.22 bits per heavy atom. The summed E-state index contributed by atoms with van der Waals surface area (Å²) in [5.74, 6) is 0.761. The normalized spacial score (nSPS) is 11.6. The van der Waals surface area contributed by atoms with Crippen molar-refractivity contribution >= 4 is 23.1 Å². The van der Waals surface area contributed by atoms with Gasteiger partial charge in [-0.05, 0) is 70.5 Å². The minimum atomic E-state index is -0.223. The van der Waals surface area contributed by atoms with Crippen molar-refractivity contribution in [2.75, 3.05) is 14.2 Å². The van der Waals surface area contributed by atoms with E-state index in [0.717, 1.165) is 11.1 Å². The van der Waals surface area contributed by atoms with E-state index < -0.39 is 0 Å². The van der Waals surface area contributed by atoms with Crippen molar-refractivity contribution in [3.05, 3.63) is 137 Å². The zero-order chi connectivity index (χ0) is 34.1. The molecule has 0 fully saturated rings. The Kier molecular flexibility index (Phi) is 11.8. The van der Waals surface area contributed by atoms with Gasteiger partial charge in [-0.15, -0.1) is 0 Å². The lowest BCUT2D eigenvalue weighted by Gasteiger charge is -2.18. The average Bonchev–Trinajstić information content (AvgIpc) is 3.04. The fourth-order valence-corrected chi connectivity index (χ4v) is 4.47. The zero-order valence-electron chi connectivity index (χ0n) is 28.0. The molecule has 0 saturated heterocycles. The van der Waals surface area contributed by atoms with Gasteiger partial charge in [0.2, 0.25) is 0 Å². The number of aliphatic hydroxyl groups excluding tert-OH is 1. The van der Waals surface area contributed by atoms with Gasteiger partial charge in [0.25, 0.3) is 0 Å². The third kappa shape index (κ3) is 10.0. The molecule has 0 bridgehead atoms. The van der Waals surface area contributed by atoms with Crippen LogP contribution in [0.4, 0.5) is 0 Å². The number of hydrogen-bond donors (Lipinski definition) is 1. The van der Waals surface area contributed by atoms with Gasteiger partial charge in [0.15, 0.2) is 17.3 Å². The van der Waals surface area contributed by atoms with E-state index in [4.69, 9.17) is 9.47 Å². The molecule has 240 valence electrons. The van der Waals surface area contributed by atoms with Crippen molar-refractivity contribution in [3.8, 4) is 11.5 Å². The van der Waals surface area contributed by atoms with E-state index in [1.807, 2.05) is 24.3 Å². The lowest BCUT2D eigenvalue weighted by atomic mass is 9.86. The summed E-state index contributed by atoms with van der Waals surface area (Å²) in [5, 5.41) is 10.1. The summed E-state index contributed by atoms with van der Waals surface area (Å²) < 4.78 is 10.1. The Morgan fingerprint density at radius 2 is 0.870 bits per heavy atom. The highest BCUT2D eigenvalue weighted by Crippen LogP contribution is 2.24. The Balaban J connectivity index is 0.000000250. The van der Waals surface area contributed by atoms with Crippen LogP contribution >= 0.6 is 0 Å². The summed E-state index contributed by atoms with van der Waals surface area (Å²) in [6, 6.07) is 28.7. The van der Waals surface area contributed by atoms with E-state index >= 15 is 0 Å². The maximum absolute atomic E-state index is 12.3. The second-order valence-electron chi connectivity index (χ2n) is 13.0. The van der Waals surface area contributed by atoms with Crippen molar-refractivity contribution in [1.82, 2.24) is 0 Å². The molecule has 1 N–H and O–H groups in total. The number of benzene rings is 4. The van der Waals surface area contributed by atoms with Crippen LogP contribution in [0.25, 0.3) is 5.76 Å². The van der Waals surface area contributed by atoms with Crippen LogP contribution in [0.1, 0.15) is 95.7 Å². The number of ketones is 3. The predicted octanol–water partition coefficient (Wildman–Crippen LogP) is 9.22. The van der Waals surface area contributed by atoms with Gasteiger partial charge < -0.3 is 14.6 Å². The topological polar surface area (TPSA) is 89.9 Å². The molecule has 0 atom stereocenters. The maximum atomic E-state index is 12.3. The van der Waals surface area contributed by atoms with Gasteiger partial charge >= 0.3 is 0 Å². The SMILES string of the molecule is COc1ccc(/C(O)=C/C(=O)c2ccc(C(C)(C)C)cc2)cc1.COc1ccc(C(=O)CC(=O)c2ccc(C(C)(C)C)cc2)cc1. The molecule has 0 radical (unpaired) electrons. The first kappa shape index (κ1) is 35.5. The van der Waals surface area contributed by atoms with Crippen LogP contribution in [-0.2, 0) is 10.8 Å². The van der Waals surface area contributed by atoms with E-state index in [9.17, 15) is 19.5 Å². The van der Waals surface area contributed by atoms with Crippen LogP contribution < -0.4 is 9.47 Å². The van der Waals surface area contributed by atoms with Gasteiger partial charge in [-0.25, -0.2) is 0 Å². The van der Waals surface area contributed by atoms with E-state index in [1.54, 1.807) is 87.0 Å². The molecule has 6 nitrogen and oxygen atoms in total. The van der Waals surface area contributed by atoms with E-state index in [1.165, 1.54) is 6.08 Å². The molecule has 46 heavy (non-hydrogen) atoms. The molecule has 0 aliphatic rings. The highest BCUT2D eigenvalue weighted by atomic mass is 16.5. The molecule has 4 rings (SSSR count). The first-order valence-electron chi connectivity index (χ1n) is 15.1. The average molecular weight is 621 g/mol. The van der Waals surface area contributed by atoms with Crippen LogP contribution in [-0.4, -0.2) is 36.7 Å². The van der Waals surface area contributed by atoms with E-state index in [2.05, 4.69) is 41.5 Å². The van der Waals surface area contributed by atoms with Gasteiger partial charge in [-0.1, -0.05) is 90.1 Å². The Bertz CT molecular complexity index is 1650. The number of methoxy groups -OCH3 is 2. The summed E-state index contributed by atoms with van der Waals surface area (Å²) >= 11 is 0. The quantitative estimate of drug-likeness (QED) is 0.0868. The third-order valence-corrected chi connectivity index (χ3v) is 7.50. The zero-order valence-corrected chi connectivity index (χ0v) is 28.0. The Morgan fingerprint density at radius 1 is 0.543 bits per heavy atom. The smallest absolute Gasteiger partial charge is 0.189 e. The fourth-order valence-electron chi connectivity index (χ4n) is 4.47. The molecular formula is C40H44O6. The molecule has 0 aliphatic heterocycles. The largest absolute Gasteiger partial charge is 0.507 e. The van der Waals surface area contributed by atoms with Crippen LogP contribution in [0.3, 0.4) is 0 Å². The predicted molar refractivity (Wildman–Crippen MR) is 184 cm³/mol. The number of ether oxygens (including phenoxy) is 2. The van der Waals surface area contributed by atoms with Crippen molar-refractivity contribution in [1.29, 1.82) is 0 Å². The number of carbonyl (C=O) groups excluding carboxylic acids is 3. The van der Waals surface area contributed by atoms with Crippen LogP contribution in [0.15, 0.2) is 103 Å². The molecule has 0 heterocycles. The van der Waals surface area contributed by atoms with Gasteiger partial charge in [0.05, 0.1) is 20.6 Å². The minimum absolute atomic E-state index is 0.0422. The minimum Gasteiger partial charge on any atom is -0.507 e. The highest BCUT2D eigenvalue weighted by molar-refractivity contribution is 6.13. The summed E-state index contributed by atoms with van der Waals surface area (Å²) in [4.78, 5) is 36.7. The first-order valence-corrected chi connectivity index (χ1v) is 15.1. The van der Waals surface area contributed by atoms with Crippen LogP contribution in [0.2, 0.25) is 0 Å². The number of hydrogen-bond acceptors (Lipinski definition) is 6. The second kappa shape index (κ2) is 15.3. The summed E-state index contributed by atoms with van der Waals surface area (Å²) in [6.07, 6.45) is 1.12. The molecule has 0 amide bonds. The maximum Gasteiger partial charge on any atom is 0.189 e. The highest BCUT2D eigenvalue weighted by Gasteiger charge is 2.17. The molecule has 4 aromatic rings. The van der Waals surface area contributed by atoms with Gasteiger partial charge in [0, 0.05) is 28.3 Å². The number of carbonyl (C=O) groups is 3. The van der Waals surface area contributed by atoms with Crippen molar-refractivity contribution in [2.24, 2.45) is 0 Å². The van der Waals surface area contributed by atoms with Gasteiger partial charge in [0.1, 0.15) is 17.3 Å². The lowest BCUT2D eigenvalue weighted by molar-refractivity contribution is 0.0893. The van der Waals surface area contributed by atoms with Gasteiger partial charge in [-0.3, -0.25) is 14.4 Å². The molecule has 6 heteroatoms. The monoisotopic (exact) mass is 620 g/mol. The molecule has 0 saturated carbocycles. The Labute approximate surface area is 272 Å². The number of aliphatic hydroxyl groups is 1. The molecular weight excluding hydrogens is 576 g/mol. The Hall–Kier alpha value is -4.97. The summed E-state index contributed by atoms with van der Waals surface area (Å²) in [5.41, 5.74) is 4.63. The summed E-state index contributed by atoms with van der Waals surface area (Å²) in [6.45, 7) is 12.7. The standard InChI is InChI=1S/2C20H22O3/c2*1-20(2,3)16-9-5-14(6-10-16)18(21)13-19(22)15-7-11-17(23-4)12-8-15/h5-12H,13H2,1-4H3;5-13,22H,1-4H3/b;19-13-. The third-order valence-electron chi connectivity index (χ3n) is 7.50. The lowest BCUT2D eigenvalue weighted by Crippen LogP contribution is -2.12. The first-order chi connectivity index (χ1) is 21.6. The van der Waals surface area contributed by atoms with Gasteiger partial charge in [-0.2, -0.15) is 0 Å². The van der Waals surface area contributed by atoms with E-state index in [-0.39, 0.29) is 40.4 Å². The van der Waals surface area contributed by atoms with Crippen LogP contribution in [0, 0.1) is 0 Å². The second-order valence-corrected chi connectivity index (χ2v) is 13.0. The fraction of sp³-hybridized carbons (Fsp3) is 0.275. The molecule has 0 unspecified atom stereocenters. The number of Topliss-reactive ketones (excluding diaryl/α,β-unsaturated/α-hetero) is 2. The van der Waals surface area contributed by atoms with Crippen molar-refractivity contribution in [2.45, 2.75) is 58.8 Å². The van der Waals surface area contributed by atoms with Crippen molar-refractivity contribution < 1.29 is 29.0 Å². The summed E-state index contributed by atoms with van der Waals surface area (Å²) in [7, 11) is 3.15. The number of allylic oxidation sites excluding steroid dienone is 1. The molecule has 0 spiro atoms. The molecule has 0 aliphatic carbocycles. The molecule has 0 aromatic heterocycles. The van der Waals surface area contributed by atoms with E-state index in [0.29, 0.717) is 33.8 Å². The van der Waals surface area contributed by atoms with Crippen molar-refractivity contribution in [3.63, 3.8) is 0 Å².